The van der Waals surface area contributed by atoms with E-state index in [2.05, 4.69) is 0 Å². The molecule has 0 bridgehead atoms. The molecule has 17 heavy (non-hydrogen) atoms. The van der Waals surface area contributed by atoms with Crippen LogP contribution in [0.15, 0.2) is 18.2 Å². The van der Waals surface area contributed by atoms with E-state index in [4.69, 9.17) is 0 Å². The van der Waals surface area contributed by atoms with E-state index in [1.807, 2.05) is 18.2 Å². The lowest BCUT2D eigenvalue weighted by Crippen LogP contribution is -2.05. The smallest absolute Gasteiger partial charge is 0.122 e. The zero-order valence-electron chi connectivity index (χ0n) is 10.5. The summed E-state index contributed by atoms with van der Waals surface area (Å²) < 4.78 is 0. The van der Waals surface area contributed by atoms with Crippen molar-refractivity contribution < 1.29 is 10.2 Å². The van der Waals surface area contributed by atoms with Gasteiger partial charge in [-0.05, 0) is 36.8 Å². The molecule has 1 aromatic rings. The van der Waals surface area contributed by atoms with Crippen LogP contribution in [0.2, 0.25) is 0 Å². The van der Waals surface area contributed by atoms with Crippen LogP contribution in [0, 0.1) is 5.92 Å². The van der Waals surface area contributed by atoms with E-state index < -0.39 is 6.10 Å². The number of aryl methyl sites for hydroxylation is 1. The molecule has 0 saturated heterocycles. The minimum absolute atomic E-state index is 0.393. The first-order valence-corrected chi connectivity index (χ1v) is 6.64. The lowest BCUT2D eigenvalue weighted by atomic mass is 9.99. The molecule has 1 unspecified atom stereocenters. The van der Waals surface area contributed by atoms with Crippen LogP contribution >= 0.6 is 0 Å². The Bertz CT molecular complexity index is 367. The standard InChI is InChI=1S/C15H22O2/c1-11(16)10-14-7-3-6-13(15(14)17)5-2-4-12-8-9-12/h3,6-7,11-12,16-17H,2,4-5,8-10H2,1H3. The number of aliphatic hydroxyl groups excluding tert-OH is 1. The molecule has 94 valence electrons. The van der Waals surface area contributed by atoms with E-state index in [1.165, 1.54) is 19.3 Å². The van der Waals surface area contributed by atoms with Crippen LogP contribution in [0.5, 0.6) is 5.75 Å². The van der Waals surface area contributed by atoms with Gasteiger partial charge in [0.15, 0.2) is 0 Å². The maximum absolute atomic E-state index is 10.1. The molecule has 0 amide bonds. The van der Waals surface area contributed by atoms with Crippen LogP contribution in [0.1, 0.15) is 43.7 Å². The second kappa shape index (κ2) is 5.54. The van der Waals surface area contributed by atoms with Gasteiger partial charge in [0.2, 0.25) is 0 Å². The summed E-state index contributed by atoms with van der Waals surface area (Å²) in [6.45, 7) is 1.75. The van der Waals surface area contributed by atoms with Gasteiger partial charge in [-0.3, -0.25) is 0 Å². The highest BCUT2D eigenvalue weighted by atomic mass is 16.3. The van der Waals surface area contributed by atoms with E-state index in [0.29, 0.717) is 12.2 Å². The molecular weight excluding hydrogens is 212 g/mol. The Hall–Kier alpha value is -1.02. The molecule has 0 spiro atoms. The molecule has 1 atom stereocenters. The first-order chi connectivity index (χ1) is 8.16. The van der Waals surface area contributed by atoms with E-state index >= 15 is 0 Å². The van der Waals surface area contributed by atoms with Gasteiger partial charge in [-0.2, -0.15) is 0 Å². The van der Waals surface area contributed by atoms with Crippen molar-refractivity contribution in [2.24, 2.45) is 5.92 Å². The second-order valence-corrected chi connectivity index (χ2v) is 5.31. The number of rotatable bonds is 6. The minimum Gasteiger partial charge on any atom is -0.507 e. The number of hydrogen-bond donors (Lipinski definition) is 2. The monoisotopic (exact) mass is 234 g/mol. The minimum atomic E-state index is -0.400. The normalized spacial score (nSPS) is 17.1. The molecule has 2 N–H and O–H groups in total. The Morgan fingerprint density at radius 1 is 1.29 bits per heavy atom. The maximum atomic E-state index is 10.1. The number of phenols is 1. The largest absolute Gasteiger partial charge is 0.507 e. The molecule has 1 aliphatic rings. The topological polar surface area (TPSA) is 40.5 Å². The molecule has 2 heteroatoms. The molecule has 0 heterocycles. The summed E-state index contributed by atoms with van der Waals surface area (Å²) in [6.07, 6.45) is 6.33. The van der Waals surface area contributed by atoms with Gasteiger partial charge in [-0.1, -0.05) is 37.5 Å². The Morgan fingerprint density at radius 2 is 2.00 bits per heavy atom. The summed E-state index contributed by atoms with van der Waals surface area (Å²) in [4.78, 5) is 0. The van der Waals surface area contributed by atoms with Gasteiger partial charge in [0.1, 0.15) is 5.75 Å². The van der Waals surface area contributed by atoms with Crippen molar-refractivity contribution in [1.82, 2.24) is 0 Å². The van der Waals surface area contributed by atoms with Crippen LogP contribution in [0.25, 0.3) is 0 Å². The molecule has 0 radical (unpaired) electrons. The quantitative estimate of drug-likeness (QED) is 0.794. The summed E-state index contributed by atoms with van der Waals surface area (Å²) >= 11 is 0. The van der Waals surface area contributed by atoms with Crippen molar-refractivity contribution in [2.45, 2.75) is 51.6 Å². The number of benzene rings is 1. The van der Waals surface area contributed by atoms with Crippen molar-refractivity contribution in [2.75, 3.05) is 0 Å². The Kier molecular flexibility index (Phi) is 4.06. The van der Waals surface area contributed by atoms with Gasteiger partial charge in [0, 0.05) is 6.42 Å². The van der Waals surface area contributed by atoms with Crippen LogP contribution in [-0.2, 0) is 12.8 Å². The fourth-order valence-corrected chi connectivity index (χ4v) is 2.32. The molecule has 1 aromatic carbocycles. The van der Waals surface area contributed by atoms with E-state index in [0.717, 1.165) is 29.9 Å². The fourth-order valence-electron chi connectivity index (χ4n) is 2.32. The van der Waals surface area contributed by atoms with Gasteiger partial charge < -0.3 is 10.2 Å². The predicted octanol–water partition coefficient (Wildman–Crippen LogP) is 3.05. The van der Waals surface area contributed by atoms with Crippen molar-refractivity contribution >= 4 is 0 Å². The van der Waals surface area contributed by atoms with Crippen LogP contribution in [0.4, 0.5) is 0 Å². The van der Waals surface area contributed by atoms with Crippen LogP contribution < -0.4 is 0 Å². The molecule has 2 rings (SSSR count). The van der Waals surface area contributed by atoms with Crippen molar-refractivity contribution in [1.29, 1.82) is 0 Å². The van der Waals surface area contributed by atoms with Crippen molar-refractivity contribution in [3.05, 3.63) is 29.3 Å². The molecule has 2 nitrogen and oxygen atoms in total. The van der Waals surface area contributed by atoms with E-state index in [-0.39, 0.29) is 0 Å². The predicted molar refractivity (Wildman–Crippen MR) is 69.2 cm³/mol. The van der Waals surface area contributed by atoms with Gasteiger partial charge in [-0.15, -0.1) is 0 Å². The Labute approximate surface area is 103 Å². The van der Waals surface area contributed by atoms with Gasteiger partial charge in [0.25, 0.3) is 0 Å². The molecule has 1 aliphatic carbocycles. The van der Waals surface area contributed by atoms with E-state index in [1.54, 1.807) is 6.92 Å². The highest BCUT2D eigenvalue weighted by Gasteiger charge is 2.20. The molecule has 1 saturated carbocycles. The lowest BCUT2D eigenvalue weighted by Gasteiger charge is -2.11. The number of para-hydroxylation sites is 1. The fraction of sp³-hybridized carbons (Fsp3) is 0.600. The second-order valence-electron chi connectivity index (χ2n) is 5.31. The Balaban J connectivity index is 1.95. The third-order valence-electron chi connectivity index (χ3n) is 3.47. The van der Waals surface area contributed by atoms with E-state index in [9.17, 15) is 10.2 Å². The van der Waals surface area contributed by atoms with Gasteiger partial charge >= 0.3 is 0 Å². The molecule has 0 aliphatic heterocycles. The first kappa shape index (κ1) is 12.4. The lowest BCUT2D eigenvalue weighted by molar-refractivity contribution is 0.194. The van der Waals surface area contributed by atoms with Crippen molar-refractivity contribution in [3.8, 4) is 5.75 Å². The van der Waals surface area contributed by atoms with Gasteiger partial charge in [-0.25, -0.2) is 0 Å². The zero-order valence-corrected chi connectivity index (χ0v) is 10.5. The zero-order chi connectivity index (χ0) is 12.3. The average Bonchev–Trinajstić information content (AvgIpc) is 3.07. The molecule has 1 fully saturated rings. The summed E-state index contributed by atoms with van der Waals surface area (Å²) in [5.74, 6) is 1.35. The summed E-state index contributed by atoms with van der Waals surface area (Å²) in [7, 11) is 0. The average molecular weight is 234 g/mol. The number of aromatic hydroxyl groups is 1. The third kappa shape index (κ3) is 3.74. The summed E-state index contributed by atoms with van der Waals surface area (Å²) in [5, 5.41) is 19.5. The highest BCUT2D eigenvalue weighted by molar-refractivity contribution is 5.40. The van der Waals surface area contributed by atoms with Crippen LogP contribution in [0.3, 0.4) is 0 Å². The third-order valence-corrected chi connectivity index (χ3v) is 3.47. The number of hydrogen-bond acceptors (Lipinski definition) is 2. The molecular formula is C15H22O2. The number of phenolic OH excluding ortho intramolecular Hbond substituents is 1. The Morgan fingerprint density at radius 3 is 2.65 bits per heavy atom. The highest BCUT2D eigenvalue weighted by Crippen LogP contribution is 2.34. The summed E-state index contributed by atoms with van der Waals surface area (Å²) in [5.41, 5.74) is 1.90. The summed E-state index contributed by atoms with van der Waals surface area (Å²) in [6, 6.07) is 5.87. The molecule has 0 aromatic heterocycles. The first-order valence-electron chi connectivity index (χ1n) is 6.64. The van der Waals surface area contributed by atoms with Crippen molar-refractivity contribution in [3.63, 3.8) is 0 Å². The maximum Gasteiger partial charge on any atom is 0.122 e. The number of aliphatic hydroxyl groups is 1. The SMILES string of the molecule is CC(O)Cc1cccc(CCCC2CC2)c1O. The van der Waals surface area contributed by atoms with Crippen LogP contribution in [-0.4, -0.2) is 16.3 Å². The van der Waals surface area contributed by atoms with Gasteiger partial charge in [0.05, 0.1) is 6.10 Å².